The highest BCUT2D eigenvalue weighted by molar-refractivity contribution is 5.91. The van der Waals surface area contributed by atoms with Crippen molar-refractivity contribution in [3.63, 3.8) is 0 Å². The Kier molecular flexibility index (Phi) is 3.88. The van der Waals surface area contributed by atoms with Gasteiger partial charge in [-0.2, -0.15) is 5.10 Å². The van der Waals surface area contributed by atoms with Gasteiger partial charge in [0.1, 0.15) is 5.82 Å². The van der Waals surface area contributed by atoms with Gasteiger partial charge in [-0.1, -0.05) is 13.8 Å². The van der Waals surface area contributed by atoms with Crippen molar-refractivity contribution in [3.05, 3.63) is 12.3 Å². The summed E-state index contributed by atoms with van der Waals surface area (Å²) in [6.45, 7) is 7.99. The van der Waals surface area contributed by atoms with E-state index in [1.54, 1.807) is 10.9 Å². The summed E-state index contributed by atoms with van der Waals surface area (Å²) >= 11 is 0. The van der Waals surface area contributed by atoms with Crippen molar-refractivity contribution in [3.8, 4) is 0 Å². The number of rotatable bonds is 4. The van der Waals surface area contributed by atoms with Crippen molar-refractivity contribution in [2.45, 2.75) is 40.2 Å². The highest BCUT2D eigenvalue weighted by Crippen LogP contribution is 2.14. The van der Waals surface area contributed by atoms with Crippen LogP contribution in [0.4, 0.5) is 5.82 Å². The summed E-state index contributed by atoms with van der Waals surface area (Å²) in [5.74, 6) is 0.871. The lowest BCUT2D eigenvalue weighted by molar-refractivity contribution is -0.119. The number of hydrogen-bond donors (Lipinski definition) is 1. The van der Waals surface area contributed by atoms with Crippen LogP contribution in [0, 0.1) is 5.92 Å². The van der Waals surface area contributed by atoms with Gasteiger partial charge in [0.15, 0.2) is 0 Å². The number of nitrogens with one attached hydrogen (secondary N) is 1. The van der Waals surface area contributed by atoms with Crippen LogP contribution in [0.5, 0.6) is 0 Å². The number of hydrogen-bond acceptors (Lipinski definition) is 2. The number of anilines is 1. The van der Waals surface area contributed by atoms with Crippen molar-refractivity contribution < 1.29 is 4.79 Å². The van der Waals surface area contributed by atoms with E-state index in [9.17, 15) is 4.79 Å². The monoisotopic (exact) mass is 209 g/mol. The van der Waals surface area contributed by atoms with E-state index in [4.69, 9.17) is 0 Å². The average molecular weight is 209 g/mol. The highest BCUT2D eigenvalue weighted by atomic mass is 16.1. The molecule has 84 valence electrons. The molecule has 4 heteroatoms. The molecule has 1 aromatic rings. The summed E-state index contributed by atoms with van der Waals surface area (Å²) in [6, 6.07) is 2.08. The molecule has 0 aliphatic carbocycles. The SMILES string of the molecule is CCC(C)C(=O)Nc1ccnn1C(C)C. The Bertz CT molecular complexity index is 330. The lowest BCUT2D eigenvalue weighted by atomic mass is 10.1. The smallest absolute Gasteiger partial charge is 0.228 e. The number of amides is 1. The van der Waals surface area contributed by atoms with E-state index in [-0.39, 0.29) is 17.9 Å². The molecule has 0 aromatic carbocycles. The van der Waals surface area contributed by atoms with Crippen molar-refractivity contribution in [1.82, 2.24) is 9.78 Å². The van der Waals surface area contributed by atoms with Gasteiger partial charge in [-0.25, -0.2) is 4.68 Å². The first-order chi connectivity index (χ1) is 7.06. The van der Waals surface area contributed by atoms with Gasteiger partial charge in [0.2, 0.25) is 5.91 Å². The van der Waals surface area contributed by atoms with Crippen LogP contribution >= 0.6 is 0 Å². The molecule has 1 amide bonds. The second-order valence-corrected chi connectivity index (χ2v) is 4.05. The van der Waals surface area contributed by atoms with E-state index in [0.29, 0.717) is 0 Å². The van der Waals surface area contributed by atoms with Crippen LogP contribution in [-0.2, 0) is 4.79 Å². The van der Waals surface area contributed by atoms with Gasteiger partial charge in [-0.05, 0) is 20.3 Å². The maximum atomic E-state index is 11.7. The predicted octanol–water partition coefficient (Wildman–Crippen LogP) is 2.45. The van der Waals surface area contributed by atoms with E-state index in [0.717, 1.165) is 12.2 Å². The second kappa shape index (κ2) is 4.96. The van der Waals surface area contributed by atoms with Crippen LogP contribution in [0.3, 0.4) is 0 Å². The van der Waals surface area contributed by atoms with E-state index in [1.807, 2.05) is 33.8 Å². The molecular formula is C11H19N3O. The third-order valence-electron chi connectivity index (χ3n) is 2.47. The molecular weight excluding hydrogens is 190 g/mol. The van der Waals surface area contributed by atoms with Crippen LogP contribution in [0.2, 0.25) is 0 Å². The quantitative estimate of drug-likeness (QED) is 0.828. The summed E-state index contributed by atoms with van der Waals surface area (Å²) in [7, 11) is 0. The zero-order chi connectivity index (χ0) is 11.4. The van der Waals surface area contributed by atoms with E-state index in [1.165, 1.54) is 0 Å². The van der Waals surface area contributed by atoms with Gasteiger partial charge < -0.3 is 5.32 Å². The van der Waals surface area contributed by atoms with Gasteiger partial charge in [-0.3, -0.25) is 4.79 Å². The fourth-order valence-electron chi connectivity index (χ4n) is 1.26. The fourth-order valence-corrected chi connectivity index (χ4v) is 1.26. The molecule has 0 bridgehead atoms. The Hall–Kier alpha value is -1.32. The molecule has 1 N–H and O–H groups in total. The van der Waals surface area contributed by atoms with E-state index in [2.05, 4.69) is 10.4 Å². The Morgan fingerprint density at radius 3 is 2.73 bits per heavy atom. The van der Waals surface area contributed by atoms with Gasteiger partial charge in [0.05, 0.1) is 6.20 Å². The van der Waals surface area contributed by atoms with Gasteiger partial charge in [-0.15, -0.1) is 0 Å². The topological polar surface area (TPSA) is 46.9 Å². The minimum Gasteiger partial charge on any atom is -0.311 e. The first-order valence-corrected chi connectivity index (χ1v) is 5.40. The zero-order valence-electron chi connectivity index (χ0n) is 9.82. The molecule has 1 aromatic heterocycles. The van der Waals surface area contributed by atoms with Crippen molar-refractivity contribution >= 4 is 11.7 Å². The third-order valence-corrected chi connectivity index (χ3v) is 2.47. The van der Waals surface area contributed by atoms with Crippen LogP contribution < -0.4 is 5.32 Å². The molecule has 0 radical (unpaired) electrons. The molecule has 0 fully saturated rings. The summed E-state index contributed by atoms with van der Waals surface area (Å²) < 4.78 is 1.81. The second-order valence-electron chi connectivity index (χ2n) is 4.05. The molecule has 0 aliphatic rings. The fraction of sp³-hybridized carbons (Fsp3) is 0.636. The Morgan fingerprint density at radius 2 is 2.20 bits per heavy atom. The van der Waals surface area contributed by atoms with Crippen LogP contribution in [0.25, 0.3) is 0 Å². The van der Waals surface area contributed by atoms with Gasteiger partial charge >= 0.3 is 0 Å². The highest BCUT2D eigenvalue weighted by Gasteiger charge is 2.13. The predicted molar refractivity (Wildman–Crippen MR) is 60.7 cm³/mol. The standard InChI is InChI=1S/C11H19N3O/c1-5-9(4)11(15)13-10-6-7-12-14(10)8(2)3/h6-9H,5H2,1-4H3,(H,13,15). The molecule has 0 saturated heterocycles. The Balaban J connectivity index is 2.72. The van der Waals surface area contributed by atoms with E-state index < -0.39 is 0 Å². The molecule has 1 heterocycles. The molecule has 4 nitrogen and oxygen atoms in total. The number of aromatic nitrogens is 2. The lowest BCUT2D eigenvalue weighted by Gasteiger charge is -2.13. The van der Waals surface area contributed by atoms with Crippen molar-refractivity contribution in [1.29, 1.82) is 0 Å². The first kappa shape index (κ1) is 11.8. The number of nitrogens with zero attached hydrogens (tertiary/aromatic N) is 2. The minimum absolute atomic E-state index is 0.0421. The van der Waals surface area contributed by atoms with Crippen LogP contribution in [0.1, 0.15) is 40.2 Å². The first-order valence-electron chi connectivity index (χ1n) is 5.40. The maximum Gasteiger partial charge on any atom is 0.228 e. The van der Waals surface area contributed by atoms with Gasteiger partial charge in [0.25, 0.3) is 0 Å². The summed E-state index contributed by atoms with van der Waals surface area (Å²) in [4.78, 5) is 11.7. The Morgan fingerprint density at radius 1 is 1.53 bits per heavy atom. The van der Waals surface area contributed by atoms with E-state index >= 15 is 0 Å². The van der Waals surface area contributed by atoms with Crippen molar-refractivity contribution in [2.75, 3.05) is 5.32 Å². The molecule has 15 heavy (non-hydrogen) atoms. The summed E-state index contributed by atoms with van der Waals surface area (Å²) in [5.41, 5.74) is 0. The zero-order valence-corrected chi connectivity index (χ0v) is 9.82. The number of carbonyl (C=O) groups is 1. The molecule has 1 rings (SSSR count). The number of carbonyl (C=O) groups excluding carboxylic acids is 1. The van der Waals surface area contributed by atoms with Crippen molar-refractivity contribution in [2.24, 2.45) is 5.92 Å². The molecule has 1 unspecified atom stereocenters. The average Bonchev–Trinajstić information content (AvgIpc) is 2.64. The van der Waals surface area contributed by atoms with Crippen LogP contribution in [0.15, 0.2) is 12.3 Å². The lowest BCUT2D eigenvalue weighted by Crippen LogP contribution is -2.22. The molecule has 1 atom stereocenters. The largest absolute Gasteiger partial charge is 0.311 e. The molecule has 0 aliphatic heterocycles. The molecule has 0 saturated carbocycles. The Labute approximate surface area is 90.7 Å². The normalized spacial score (nSPS) is 12.9. The van der Waals surface area contributed by atoms with Gasteiger partial charge in [0, 0.05) is 18.0 Å². The minimum atomic E-state index is 0.0421. The molecule has 0 spiro atoms. The third kappa shape index (κ3) is 2.81. The maximum absolute atomic E-state index is 11.7. The summed E-state index contributed by atoms with van der Waals surface area (Å²) in [6.07, 6.45) is 2.55. The van der Waals surface area contributed by atoms with Crippen LogP contribution in [-0.4, -0.2) is 15.7 Å². The summed E-state index contributed by atoms with van der Waals surface area (Å²) in [5, 5.41) is 7.04.